The lowest BCUT2D eigenvalue weighted by atomic mass is 10.1. The van der Waals surface area contributed by atoms with E-state index in [1.54, 1.807) is 17.5 Å². The van der Waals surface area contributed by atoms with Crippen molar-refractivity contribution in [3.8, 4) is 10.6 Å². The molecule has 0 bridgehead atoms. The van der Waals surface area contributed by atoms with Crippen LogP contribution in [0.25, 0.3) is 10.6 Å². The van der Waals surface area contributed by atoms with Gasteiger partial charge in [-0.25, -0.2) is 4.98 Å². The van der Waals surface area contributed by atoms with Crippen LogP contribution in [-0.4, -0.2) is 46.4 Å². The van der Waals surface area contributed by atoms with Gasteiger partial charge < -0.3 is 4.90 Å². The molecule has 2 aromatic heterocycles. The molecule has 3 aromatic rings. The van der Waals surface area contributed by atoms with E-state index in [4.69, 9.17) is 0 Å². The normalized spacial score (nSPS) is 18.3. The van der Waals surface area contributed by atoms with Crippen molar-refractivity contribution >= 4 is 28.6 Å². The molecule has 0 aliphatic carbocycles. The number of thiophene rings is 1. The Morgan fingerprint density at radius 2 is 2.14 bits per heavy atom. The largest absolute Gasteiger partial charge is 0.334 e. The molecule has 1 amide bonds. The van der Waals surface area contributed by atoms with Crippen molar-refractivity contribution in [1.82, 2.24) is 14.8 Å². The molecule has 28 heavy (non-hydrogen) atoms. The van der Waals surface area contributed by atoms with Crippen molar-refractivity contribution < 1.29 is 4.79 Å². The maximum absolute atomic E-state index is 13.2. The monoisotopic (exact) mass is 411 g/mol. The van der Waals surface area contributed by atoms with Crippen LogP contribution in [0.3, 0.4) is 0 Å². The molecule has 6 heteroatoms. The van der Waals surface area contributed by atoms with Gasteiger partial charge in [0.25, 0.3) is 5.91 Å². The van der Waals surface area contributed by atoms with Crippen LogP contribution in [0.1, 0.15) is 41.5 Å². The lowest BCUT2D eigenvalue weighted by Crippen LogP contribution is -2.41. The highest BCUT2D eigenvalue weighted by molar-refractivity contribution is 7.17. The van der Waals surface area contributed by atoms with Crippen LogP contribution in [0.4, 0.5) is 0 Å². The van der Waals surface area contributed by atoms with Gasteiger partial charge in [0.1, 0.15) is 9.88 Å². The van der Waals surface area contributed by atoms with Crippen LogP contribution in [0, 0.1) is 0 Å². The summed E-state index contributed by atoms with van der Waals surface area (Å²) in [4.78, 5) is 22.9. The summed E-state index contributed by atoms with van der Waals surface area (Å²) >= 11 is 3.15. The Morgan fingerprint density at radius 3 is 2.86 bits per heavy atom. The van der Waals surface area contributed by atoms with E-state index in [1.165, 1.54) is 16.9 Å². The first-order valence-electron chi connectivity index (χ1n) is 9.75. The summed E-state index contributed by atoms with van der Waals surface area (Å²) in [5.74, 6) is 0.112. The molecule has 4 rings (SSSR count). The van der Waals surface area contributed by atoms with Crippen molar-refractivity contribution in [1.29, 1.82) is 0 Å². The van der Waals surface area contributed by atoms with Gasteiger partial charge in [-0.2, -0.15) is 11.3 Å². The number of hydrogen-bond acceptors (Lipinski definition) is 5. The molecule has 146 valence electrons. The van der Waals surface area contributed by atoms with Crippen molar-refractivity contribution in [2.45, 2.75) is 32.4 Å². The van der Waals surface area contributed by atoms with Crippen molar-refractivity contribution in [3.05, 3.63) is 63.8 Å². The highest BCUT2D eigenvalue weighted by Crippen LogP contribution is 2.30. The van der Waals surface area contributed by atoms with E-state index < -0.39 is 0 Å². The van der Waals surface area contributed by atoms with Crippen LogP contribution in [0.2, 0.25) is 0 Å². The van der Waals surface area contributed by atoms with Gasteiger partial charge >= 0.3 is 0 Å². The van der Waals surface area contributed by atoms with Gasteiger partial charge in [-0.3, -0.25) is 9.69 Å². The fourth-order valence-electron chi connectivity index (χ4n) is 3.92. The van der Waals surface area contributed by atoms with E-state index in [1.807, 2.05) is 10.3 Å². The molecule has 1 aliphatic rings. The number of nitrogens with zero attached hydrogens (tertiary/aromatic N) is 3. The first-order chi connectivity index (χ1) is 13.7. The van der Waals surface area contributed by atoms with E-state index in [-0.39, 0.29) is 11.9 Å². The van der Waals surface area contributed by atoms with Crippen LogP contribution in [0.5, 0.6) is 0 Å². The van der Waals surface area contributed by atoms with Gasteiger partial charge in [-0.05, 0) is 37.3 Å². The molecule has 3 heterocycles. The van der Waals surface area contributed by atoms with Gasteiger partial charge in [0.05, 0.1) is 6.20 Å². The smallest absolute Gasteiger partial charge is 0.265 e. The summed E-state index contributed by atoms with van der Waals surface area (Å²) < 4.78 is 0. The first kappa shape index (κ1) is 19.3. The first-order valence-corrected chi connectivity index (χ1v) is 11.5. The number of likely N-dealkylation sites (tertiary alicyclic amines) is 1. The number of amides is 1. The molecule has 1 aromatic carbocycles. The van der Waals surface area contributed by atoms with E-state index >= 15 is 0 Å². The summed E-state index contributed by atoms with van der Waals surface area (Å²) in [6, 6.07) is 13.3. The number of carbonyl (C=O) groups excluding carboxylic acids is 1. The molecular weight excluding hydrogens is 386 g/mol. The Hall–Kier alpha value is -2.02. The highest BCUT2D eigenvalue weighted by atomic mass is 32.1. The summed E-state index contributed by atoms with van der Waals surface area (Å²) in [5, 5.41) is 5.04. The summed E-state index contributed by atoms with van der Waals surface area (Å²) in [5.41, 5.74) is 2.43. The lowest BCUT2D eigenvalue weighted by molar-refractivity contribution is 0.0694. The van der Waals surface area contributed by atoms with E-state index in [2.05, 4.69) is 65.5 Å². The van der Waals surface area contributed by atoms with Crippen LogP contribution >= 0.6 is 22.7 Å². The fraction of sp³-hybridized carbons (Fsp3) is 0.364. The van der Waals surface area contributed by atoms with Gasteiger partial charge in [0, 0.05) is 42.7 Å². The number of likely N-dealkylation sites (N-methyl/N-ethyl adjacent to an activating group) is 1. The van der Waals surface area contributed by atoms with Gasteiger partial charge in [0.15, 0.2) is 0 Å². The van der Waals surface area contributed by atoms with Crippen molar-refractivity contribution in [2.24, 2.45) is 0 Å². The summed E-state index contributed by atoms with van der Waals surface area (Å²) in [7, 11) is 0. The maximum Gasteiger partial charge on any atom is 0.265 e. The zero-order valence-electron chi connectivity index (χ0n) is 16.2. The molecule has 4 nitrogen and oxygen atoms in total. The van der Waals surface area contributed by atoms with Gasteiger partial charge in [-0.1, -0.05) is 30.3 Å². The minimum absolute atomic E-state index is 0.112. The Morgan fingerprint density at radius 1 is 1.32 bits per heavy atom. The van der Waals surface area contributed by atoms with Crippen LogP contribution in [0.15, 0.2) is 53.4 Å². The standard InChI is InChI=1S/C22H25N3OS2/c1-3-25(22(26)20-13-23-21(28-20)18-10-12-27-15-18)19-9-11-24(14-19)16(2)17-7-5-4-6-8-17/h4-8,10,12-13,15-16,19H,3,9,11,14H2,1-2H3. The van der Waals surface area contributed by atoms with E-state index in [0.717, 1.165) is 41.5 Å². The number of carbonyl (C=O) groups is 1. The molecule has 0 saturated carbocycles. The fourth-order valence-corrected chi connectivity index (χ4v) is 5.50. The SMILES string of the molecule is CCN(C(=O)c1cnc(-c2ccsc2)s1)C1CCN(C(C)c2ccccc2)C1. The Balaban J connectivity index is 1.45. The quantitative estimate of drug-likeness (QED) is 0.561. The topological polar surface area (TPSA) is 36.4 Å². The third-order valence-electron chi connectivity index (χ3n) is 5.55. The number of hydrogen-bond donors (Lipinski definition) is 0. The van der Waals surface area contributed by atoms with Crippen molar-refractivity contribution in [3.63, 3.8) is 0 Å². The molecule has 0 radical (unpaired) electrons. The van der Waals surface area contributed by atoms with Gasteiger partial charge in [-0.15, -0.1) is 11.3 Å². The minimum Gasteiger partial charge on any atom is -0.334 e. The number of aromatic nitrogens is 1. The Bertz CT molecular complexity index is 907. The third kappa shape index (κ3) is 3.90. The van der Waals surface area contributed by atoms with Crippen LogP contribution in [-0.2, 0) is 0 Å². The molecule has 1 saturated heterocycles. The second kappa shape index (κ2) is 8.55. The molecule has 1 aliphatic heterocycles. The Kier molecular flexibility index (Phi) is 5.90. The predicted molar refractivity (Wildman–Crippen MR) is 117 cm³/mol. The second-order valence-electron chi connectivity index (χ2n) is 7.16. The lowest BCUT2D eigenvalue weighted by Gasteiger charge is -2.29. The highest BCUT2D eigenvalue weighted by Gasteiger charge is 2.33. The number of benzene rings is 1. The summed E-state index contributed by atoms with van der Waals surface area (Å²) in [6.07, 6.45) is 2.76. The maximum atomic E-state index is 13.2. The number of thiazole rings is 1. The second-order valence-corrected chi connectivity index (χ2v) is 8.97. The average molecular weight is 412 g/mol. The zero-order chi connectivity index (χ0) is 19.5. The molecular formula is C22H25N3OS2. The van der Waals surface area contributed by atoms with Gasteiger partial charge in [0.2, 0.25) is 0 Å². The average Bonchev–Trinajstić information content (AvgIpc) is 3.49. The van der Waals surface area contributed by atoms with Crippen molar-refractivity contribution in [2.75, 3.05) is 19.6 Å². The van der Waals surface area contributed by atoms with Crippen LogP contribution < -0.4 is 0 Å². The molecule has 2 atom stereocenters. The molecule has 0 N–H and O–H groups in total. The molecule has 0 spiro atoms. The van der Waals surface area contributed by atoms with E-state index in [0.29, 0.717) is 6.04 Å². The molecule has 2 unspecified atom stereocenters. The third-order valence-corrected chi connectivity index (χ3v) is 7.27. The number of rotatable bonds is 6. The summed E-state index contributed by atoms with van der Waals surface area (Å²) in [6.45, 7) is 7.00. The zero-order valence-corrected chi connectivity index (χ0v) is 17.9. The Labute approximate surface area is 174 Å². The van der Waals surface area contributed by atoms with E-state index in [9.17, 15) is 4.79 Å². The predicted octanol–water partition coefficient (Wildman–Crippen LogP) is 5.17. The minimum atomic E-state index is 0.112. The molecule has 1 fully saturated rings.